The standard InChI is InChI=1S/C11H21N3O2/c1-4-5-6-9(12)11-13-10(14-16-11)7-8(2)15-3/h8-9H,4-7,12H2,1-3H3. The molecular formula is C11H21N3O2. The van der Waals surface area contributed by atoms with Crippen LogP contribution in [0.4, 0.5) is 0 Å². The summed E-state index contributed by atoms with van der Waals surface area (Å²) in [6.45, 7) is 4.10. The Labute approximate surface area is 96.4 Å². The number of aromatic nitrogens is 2. The number of hydrogen-bond acceptors (Lipinski definition) is 5. The van der Waals surface area contributed by atoms with Gasteiger partial charge in [-0.3, -0.25) is 0 Å². The summed E-state index contributed by atoms with van der Waals surface area (Å²) < 4.78 is 10.3. The Morgan fingerprint density at radius 3 is 2.88 bits per heavy atom. The van der Waals surface area contributed by atoms with E-state index in [-0.39, 0.29) is 12.1 Å². The van der Waals surface area contributed by atoms with E-state index in [1.54, 1.807) is 7.11 Å². The summed E-state index contributed by atoms with van der Waals surface area (Å²) in [4.78, 5) is 4.27. The molecule has 0 amide bonds. The van der Waals surface area contributed by atoms with Crippen LogP contribution in [-0.4, -0.2) is 23.4 Å². The van der Waals surface area contributed by atoms with Gasteiger partial charge in [0.25, 0.3) is 0 Å². The molecule has 0 bridgehead atoms. The molecule has 2 atom stereocenters. The molecule has 0 fully saturated rings. The lowest BCUT2D eigenvalue weighted by atomic mass is 10.1. The molecule has 5 heteroatoms. The molecule has 1 aromatic heterocycles. The van der Waals surface area contributed by atoms with Gasteiger partial charge in [-0.25, -0.2) is 0 Å². The van der Waals surface area contributed by atoms with Crippen LogP contribution in [0.25, 0.3) is 0 Å². The van der Waals surface area contributed by atoms with Gasteiger partial charge in [-0.2, -0.15) is 4.98 Å². The monoisotopic (exact) mass is 227 g/mol. The van der Waals surface area contributed by atoms with Crippen LogP contribution in [0.1, 0.15) is 50.9 Å². The number of unbranched alkanes of at least 4 members (excludes halogenated alkanes) is 1. The second-order valence-electron chi connectivity index (χ2n) is 4.05. The van der Waals surface area contributed by atoms with E-state index in [1.807, 2.05) is 6.92 Å². The zero-order valence-corrected chi connectivity index (χ0v) is 10.3. The Hall–Kier alpha value is -0.940. The van der Waals surface area contributed by atoms with Crippen LogP contribution in [-0.2, 0) is 11.2 Å². The Morgan fingerprint density at radius 1 is 1.50 bits per heavy atom. The van der Waals surface area contributed by atoms with Crippen LogP contribution in [0.15, 0.2) is 4.52 Å². The second-order valence-corrected chi connectivity index (χ2v) is 4.05. The van der Waals surface area contributed by atoms with E-state index in [9.17, 15) is 0 Å². The van der Waals surface area contributed by atoms with E-state index in [4.69, 9.17) is 15.0 Å². The van der Waals surface area contributed by atoms with E-state index in [2.05, 4.69) is 17.1 Å². The van der Waals surface area contributed by atoms with Crippen molar-refractivity contribution in [3.05, 3.63) is 11.7 Å². The summed E-state index contributed by atoms with van der Waals surface area (Å²) in [5.74, 6) is 1.20. The van der Waals surface area contributed by atoms with Gasteiger partial charge in [0.15, 0.2) is 5.82 Å². The number of hydrogen-bond donors (Lipinski definition) is 1. The SMILES string of the molecule is CCCCC(N)c1nc(CC(C)OC)no1. The highest BCUT2D eigenvalue weighted by Crippen LogP contribution is 2.15. The first-order chi connectivity index (χ1) is 7.67. The molecule has 0 aliphatic carbocycles. The Kier molecular flexibility index (Phi) is 5.42. The molecule has 1 rings (SSSR count). The zero-order chi connectivity index (χ0) is 12.0. The molecule has 2 unspecified atom stereocenters. The van der Waals surface area contributed by atoms with Crippen molar-refractivity contribution in [1.29, 1.82) is 0 Å². The minimum absolute atomic E-state index is 0.0947. The maximum Gasteiger partial charge on any atom is 0.243 e. The normalized spacial score (nSPS) is 15.0. The van der Waals surface area contributed by atoms with Gasteiger partial charge in [0.1, 0.15) is 0 Å². The van der Waals surface area contributed by atoms with Gasteiger partial charge in [0.05, 0.1) is 12.1 Å². The van der Waals surface area contributed by atoms with Crippen LogP contribution >= 0.6 is 0 Å². The average molecular weight is 227 g/mol. The number of nitrogens with two attached hydrogens (primary N) is 1. The Bertz CT molecular complexity index is 301. The van der Waals surface area contributed by atoms with Crippen LogP contribution in [0.5, 0.6) is 0 Å². The van der Waals surface area contributed by atoms with Crippen molar-refractivity contribution in [3.8, 4) is 0 Å². The lowest BCUT2D eigenvalue weighted by molar-refractivity contribution is 0.116. The van der Waals surface area contributed by atoms with E-state index in [0.717, 1.165) is 19.3 Å². The van der Waals surface area contributed by atoms with Crippen molar-refractivity contribution >= 4 is 0 Å². The van der Waals surface area contributed by atoms with Gasteiger partial charge in [-0.15, -0.1) is 0 Å². The highest BCUT2D eigenvalue weighted by molar-refractivity contribution is 4.92. The topological polar surface area (TPSA) is 74.2 Å². The minimum Gasteiger partial charge on any atom is -0.381 e. The quantitative estimate of drug-likeness (QED) is 0.769. The Morgan fingerprint density at radius 2 is 2.25 bits per heavy atom. The fourth-order valence-corrected chi connectivity index (χ4v) is 1.39. The molecule has 0 saturated heterocycles. The predicted molar refractivity (Wildman–Crippen MR) is 60.9 cm³/mol. The molecule has 0 aromatic carbocycles. The van der Waals surface area contributed by atoms with Crippen molar-refractivity contribution < 1.29 is 9.26 Å². The van der Waals surface area contributed by atoms with Crippen LogP contribution < -0.4 is 5.73 Å². The third-order valence-corrected chi connectivity index (χ3v) is 2.54. The van der Waals surface area contributed by atoms with E-state index in [0.29, 0.717) is 18.1 Å². The van der Waals surface area contributed by atoms with Crippen LogP contribution in [0.3, 0.4) is 0 Å². The summed E-state index contributed by atoms with van der Waals surface area (Å²) in [5.41, 5.74) is 5.93. The maximum atomic E-state index is 5.93. The number of nitrogens with zero attached hydrogens (tertiary/aromatic N) is 2. The van der Waals surface area contributed by atoms with Gasteiger partial charge >= 0.3 is 0 Å². The summed E-state index contributed by atoms with van der Waals surface area (Å²) in [6.07, 6.45) is 3.83. The molecule has 5 nitrogen and oxygen atoms in total. The molecule has 1 heterocycles. The fourth-order valence-electron chi connectivity index (χ4n) is 1.39. The molecule has 0 radical (unpaired) electrons. The van der Waals surface area contributed by atoms with Gasteiger partial charge in [0.2, 0.25) is 5.89 Å². The molecule has 0 saturated carbocycles. The van der Waals surface area contributed by atoms with Crippen molar-refractivity contribution in [1.82, 2.24) is 10.1 Å². The molecule has 0 aliphatic heterocycles. The lowest BCUT2D eigenvalue weighted by Crippen LogP contribution is -2.12. The number of ether oxygens (including phenoxy) is 1. The van der Waals surface area contributed by atoms with Gasteiger partial charge in [0, 0.05) is 13.5 Å². The Balaban J connectivity index is 2.50. The fraction of sp³-hybridized carbons (Fsp3) is 0.818. The van der Waals surface area contributed by atoms with E-state index >= 15 is 0 Å². The van der Waals surface area contributed by atoms with Crippen LogP contribution in [0, 0.1) is 0 Å². The summed E-state index contributed by atoms with van der Waals surface area (Å²) in [7, 11) is 1.67. The largest absolute Gasteiger partial charge is 0.381 e. The van der Waals surface area contributed by atoms with E-state index in [1.165, 1.54) is 0 Å². The molecular weight excluding hydrogens is 206 g/mol. The molecule has 0 aliphatic rings. The molecule has 16 heavy (non-hydrogen) atoms. The molecule has 0 spiro atoms. The molecule has 92 valence electrons. The summed E-state index contributed by atoms with van der Waals surface area (Å²) in [6, 6.07) is -0.140. The molecule has 1 aromatic rings. The number of methoxy groups -OCH3 is 1. The van der Waals surface area contributed by atoms with Crippen LogP contribution in [0.2, 0.25) is 0 Å². The summed E-state index contributed by atoms with van der Waals surface area (Å²) >= 11 is 0. The first-order valence-corrected chi connectivity index (χ1v) is 5.78. The van der Waals surface area contributed by atoms with Crippen molar-refractivity contribution in [2.45, 2.75) is 51.7 Å². The predicted octanol–water partition coefficient (Wildman–Crippen LogP) is 1.84. The highest BCUT2D eigenvalue weighted by Gasteiger charge is 2.15. The zero-order valence-electron chi connectivity index (χ0n) is 10.3. The minimum atomic E-state index is -0.140. The molecule has 2 N–H and O–H groups in total. The second kappa shape index (κ2) is 6.60. The highest BCUT2D eigenvalue weighted by atomic mass is 16.5. The lowest BCUT2D eigenvalue weighted by Gasteiger charge is -2.05. The maximum absolute atomic E-state index is 5.93. The third-order valence-electron chi connectivity index (χ3n) is 2.54. The van der Waals surface area contributed by atoms with Gasteiger partial charge in [-0.1, -0.05) is 24.9 Å². The first kappa shape index (κ1) is 13.1. The third kappa shape index (κ3) is 3.90. The van der Waals surface area contributed by atoms with Crippen molar-refractivity contribution in [2.24, 2.45) is 5.73 Å². The van der Waals surface area contributed by atoms with Crippen molar-refractivity contribution in [2.75, 3.05) is 7.11 Å². The number of rotatable bonds is 7. The van der Waals surface area contributed by atoms with Gasteiger partial charge in [-0.05, 0) is 13.3 Å². The van der Waals surface area contributed by atoms with Crippen molar-refractivity contribution in [3.63, 3.8) is 0 Å². The van der Waals surface area contributed by atoms with Gasteiger partial charge < -0.3 is 15.0 Å². The van der Waals surface area contributed by atoms with E-state index < -0.39 is 0 Å². The first-order valence-electron chi connectivity index (χ1n) is 5.78. The average Bonchev–Trinajstić information content (AvgIpc) is 2.74. The smallest absolute Gasteiger partial charge is 0.243 e. The summed E-state index contributed by atoms with van der Waals surface area (Å²) in [5, 5.41) is 3.89.